The number of carboxylic acids is 1. The zero-order valence-corrected chi connectivity index (χ0v) is 16.3. The molecule has 3 N–H and O–H groups in total. The average Bonchev–Trinajstić information content (AvgIpc) is 2.98. The van der Waals surface area contributed by atoms with Gasteiger partial charge in [0.2, 0.25) is 0 Å². The predicted molar refractivity (Wildman–Crippen MR) is 106 cm³/mol. The molecule has 0 bridgehead atoms. The summed E-state index contributed by atoms with van der Waals surface area (Å²) in [5.74, 6) is -1.92. The third kappa shape index (κ3) is 3.94. The summed E-state index contributed by atoms with van der Waals surface area (Å²) in [4.78, 5) is 15.3. The van der Waals surface area contributed by atoms with Gasteiger partial charge in [-0.25, -0.2) is 14.1 Å². The van der Waals surface area contributed by atoms with Crippen LogP contribution in [0, 0.1) is 31.0 Å². The highest BCUT2D eigenvalue weighted by molar-refractivity contribution is 5.81. The number of aliphatic carboxylic acids is 1. The number of nitrogens with zero attached hydrogens (tertiary/aromatic N) is 4. The minimum atomic E-state index is -0.974. The first kappa shape index (κ1) is 20.0. The highest BCUT2D eigenvalue weighted by Gasteiger charge is 2.21. The van der Waals surface area contributed by atoms with E-state index < -0.39 is 17.7 Å². The molecule has 2 aromatic heterocycles. The van der Waals surface area contributed by atoms with Gasteiger partial charge >= 0.3 is 5.97 Å². The Hall–Kier alpha value is -3.73. The summed E-state index contributed by atoms with van der Waals surface area (Å²) in [5.41, 5.74) is 9.55. The van der Waals surface area contributed by atoms with Crippen LogP contribution in [0.15, 0.2) is 30.3 Å². The van der Waals surface area contributed by atoms with Gasteiger partial charge in [-0.05, 0) is 44.2 Å². The summed E-state index contributed by atoms with van der Waals surface area (Å²) in [6.07, 6.45) is -0.148. The number of aromatic nitrogens is 3. The minimum Gasteiger partial charge on any atom is -0.481 e. The van der Waals surface area contributed by atoms with E-state index in [9.17, 15) is 14.4 Å². The molecule has 0 fully saturated rings. The van der Waals surface area contributed by atoms with Crippen molar-refractivity contribution in [2.75, 3.05) is 5.73 Å². The maximum absolute atomic E-state index is 14.2. The molecule has 29 heavy (non-hydrogen) atoms. The largest absolute Gasteiger partial charge is 0.481 e. The second kappa shape index (κ2) is 7.72. The number of halogens is 1. The first-order valence-corrected chi connectivity index (χ1v) is 8.97. The number of pyridine rings is 1. The maximum Gasteiger partial charge on any atom is 0.304 e. The van der Waals surface area contributed by atoms with Crippen molar-refractivity contribution in [1.29, 1.82) is 5.26 Å². The summed E-state index contributed by atoms with van der Waals surface area (Å²) in [6, 6.07) is 9.74. The van der Waals surface area contributed by atoms with Crippen LogP contribution >= 0.6 is 0 Å². The van der Waals surface area contributed by atoms with E-state index in [-0.39, 0.29) is 17.8 Å². The summed E-state index contributed by atoms with van der Waals surface area (Å²) in [5, 5.41) is 23.2. The van der Waals surface area contributed by atoms with E-state index in [1.165, 1.54) is 12.1 Å². The summed E-state index contributed by atoms with van der Waals surface area (Å²) < 4.78 is 15.9. The van der Waals surface area contributed by atoms with Crippen LogP contribution in [0.5, 0.6) is 0 Å². The van der Waals surface area contributed by atoms with Gasteiger partial charge in [0.25, 0.3) is 0 Å². The Balaban J connectivity index is 2.29. The quantitative estimate of drug-likeness (QED) is 0.682. The molecule has 0 amide bonds. The van der Waals surface area contributed by atoms with Crippen molar-refractivity contribution >= 4 is 11.8 Å². The second-order valence-corrected chi connectivity index (χ2v) is 6.97. The average molecular weight is 393 g/mol. The Labute approximate surface area is 167 Å². The van der Waals surface area contributed by atoms with Gasteiger partial charge in [-0.3, -0.25) is 4.79 Å². The summed E-state index contributed by atoms with van der Waals surface area (Å²) >= 11 is 0. The van der Waals surface area contributed by atoms with Gasteiger partial charge < -0.3 is 10.8 Å². The molecule has 0 aliphatic carbocycles. The molecule has 0 saturated carbocycles. The van der Waals surface area contributed by atoms with Crippen LogP contribution in [0.25, 0.3) is 16.8 Å². The molecule has 0 radical (unpaired) electrons. The SMILES string of the molecule is Cc1cc(C)n(-c2ccc(F)cc2-c2cc(C(C)CC(=O)O)nc(N)c2C#N)n1. The van der Waals surface area contributed by atoms with Crippen LogP contribution in [-0.4, -0.2) is 25.8 Å². The first-order valence-electron chi connectivity index (χ1n) is 8.97. The van der Waals surface area contributed by atoms with Gasteiger partial charge in [-0.15, -0.1) is 0 Å². The Bertz CT molecular complexity index is 1150. The molecule has 0 aliphatic heterocycles. The normalized spacial score (nSPS) is 11.8. The molecule has 1 aromatic carbocycles. The van der Waals surface area contributed by atoms with Gasteiger partial charge in [-0.1, -0.05) is 6.92 Å². The summed E-state index contributed by atoms with van der Waals surface area (Å²) in [6.45, 7) is 5.43. The Morgan fingerprint density at radius 3 is 2.62 bits per heavy atom. The third-order valence-electron chi connectivity index (χ3n) is 4.65. The smallest absolute Gasteiger partial charge is 0.304 e. The number of nitriles is 1. The van der Waals surface area contributed by atoms with Crippen molar-refractivity contribution in [1.82, 2.24) is 14.8 Å². The number of hydrogen-bond donors (Lipinski definition) is 2. The number of nitrogens with two attached hydrogens (primary N) is 1. The van der Waals surface area contributed by atoms with Crippen molar-refractivity contribution in [3.05, 3.63) is 58.8 Å². The maximum atomic E-state index is 14.2. The Morgan fingerprint density at radius 1 is 1.31 bits per heavy atom. The van der Waals surface area contributed by atoms with Gasteiger partial charge in [-0.2, -0.15) is 10.4 Å². The second-order valence-electron chi connectivity index (χ2n) is 6.97. The number of hydrogen-bond acceptors (Lipinski definition) is 5. The lowest BCUT2D eigenvalue weighted by atomic mass is 9.94. The zero-order valence-electron chi connectivity index (χ0n) is 16.3. The van der Waals surface area contributed by atoms with Crippen LogP contribution in [0.1, 0.15) is 41.9 Å². The zero-order chi connectivity index (χ0) is 21.3. The molecule has 7 nitrogen and oxygen atoms in total. The lowest BCUT2D eigenvalue weighted by Gasteiger charge is -2.17. The van der Waals surface area contributed by atoms with Crippen molar-refractivity contribution in [2.24, 2.45) is 0 Å². The number of carbonyl (C=O) groups is 1. The highest BCUT2D eigenvalue weighted by Crippen LogP contribution is 2.35. The third-order valence-corrected chi connectivity index (χ3v) is 4.65. The van der Waals surface area contributed by atoms with E-state index in [2.05, 4.69) is 10.1 Å². The Morgan fingerprint density at radius 2 is 2.03 bits per heavy atom. The van der Waals surface area contributed by atoms with E-state index in [4.69, 9.17) is 10.8 Å². The molecule has 8 heteroatoms. The fourth-order valence-electron chi connectivity index (χ4n) is 3.32. The van der Waals surface area contributed by atoms with Crippen molar-refractivity contribution in [3.8, 4) is 22.9 Å². The molecule has 0 aliphatic rings. The van der Waals surface area contributed by atoms with Gasteiger partial charge in [0, 0.05) is 28.4 Å². The molecule has 1 unspecified atom stereocenters. The van der Waals surface area contributed by atoms with Crippen LogP contribution in [0.3, 0.4) is 0 Å². The topological polar surface area (TPSA) is 118 Å². The number of rotatable bonds is 5. The molecule has 1 atom stereocenters. The van der Waals surface area contributed by atoms with E-state index in [0.717, 1.165) is 11.4 Å². The molecule has 148 valence electrons. The standard InChI is InChI=1S/C21H20FN5O2/c1-11(6-20(28)29)18-9-15(17(10-23)21(24)25-18)16-8-14(22)4-5-19(16)27-13(3)7-12(2)26-27/h4-5,7-9,11H,6H2,1-3H3,(H2,24,25)(H,28,29). The lowest BCUT2D eigenvalue weighted by molar-refractivity contribution is -0.137. The molecule has 0 saturated heterocycles. The van der Waals surface area contributed by atoms with E-state index >= 15 is 0 Å². The van der Waals surface area contributed by atoms with E-state index in [1.54, 1.807) is 23.7 Å². The molecule has 0 spiro atoms. The van der Waals surface area contributed by atoms with E-state index in [0.29, 0.717) is 22.5 Å². The van der Waals surface area contributed by atoms with Crippen molar-refractivity contribution in [3.63, 3.8) is 0 Å². The lowest BCUT2D eigenvalue weighted by Crippen LogP contribution is -2.09. The molecular weight excluding hydrogens is 373 g/mol. The van der Waals surface area contributed by atoms with Crippen molar-refractivity contribution in [2.45, 2.75) is 33.1 Å². The first-order chi connectivity index (χ1) is 13.7. The van der Waals surface area contributed by atoms with Crippen LogP contribution in [-0.2, 0) is 4.79 Å². The van der Waals surface area contributed by atoms with Crippen molar-refractivity contribution < 1.29 is 14.3 Å². The monoisotopic (exact) mass is 393 g/mol. The fraction of sp³-hybridized carbons (Fsp3) is 0.238. The van der Waals surface area contributed by atoms with Crippen LogP contribution < -0.4 is 5.73 Å². The van der Waals surface area contributed by atoms with E-state index in [1.807, 2.05) is 26.0 Å². The molecular formula is C21H20FN5O2. The van der Waals surface area contributed by atoms with Crippen LogP contribution in [0.2, 0.25) is 0 Å². The number of nitrogen functional groups attached to an aromatic ring is 1. The number of anilines is 1. The van der Waals surface area contributed by atoms with Gasteiger partial charge in [0.15, 0.2) is 0 Å². The van der Waals surface area contributed by atoms with Crippen LogP contribution in [0.4, 0.5) is 10.2 Å². The fourth-order valence-corrected chi connectivity index (χ4v) is 3.32. The van der Waals surface area contributed by atoms with Gasteiger partial charge in [0.05, 0.1) is 17.8 Å². The Kier molecular flexibility index (Phi) is 5.33. The molecule has 3 rings (SSSR count). The number of aryl methyl sites for hydroxylation is 2. The summed E-state index contributed by atoms with van der Waals surface area (Å²) in [7, 11) is 0. The van der Waals surface area contributed by atoms with Gasteiger partial charge in [0.1, 0.15) is 23.3 Å². The number of benzene rings is 1. The molecule has 3 aromatic rings. The minimum absolute atomic E-state index is 0.0270. The molecule has 2 heterocycles. The predicted octanol–water partition coefficient (Wildman–Crippen LogP) is 3.72. The highest BCUT2D eigenvalue weighted by atomic mass is 19.1. The number of carboxylic acid groups (broad SMARTS) is 1.